The fourth-order valence-corrected chi connectivity index (χ4v) is 1.90. The van der Waals surface area contributed by atoms with Crippen molar-refractivity contribution in [3.63, 3.8) is 0 Å². The van der Waals surface area contributed by atoms with E-state index in [1.165, 1.54) is 39.2 Å². The summed E-state index contributed by atoms with van der Waals surface area (Å²) in [7, 11) is 1.43. The van der Waals surface area contributed by atoms with Gasteiger partial charge in [0, 0.05) is 13.0 Å². The van der Waals surface area contributed by atoms with Crippen LogP contribution < -0.4 is 0 Å². The second kappa shape index (κ2) is 11.9. The summed E-state index contributed by atoms with van der Waals surface area (Å²) < 4.78 is 10.3. The first kappa shape index (κ1) is 16.4. The van der Waals surface area contributed by atoms with Crippen molar-refractivity contribution in [3.8, 4) is 0 Å². The van der Waals surface area contributed by atoms with Crippen molar-refractivity contribution in [2.75, 3.05) is 13.7 Å². The monoisotopic (exact) mass is 244 g/mol. The molecule has 0 fully saturated rings. The molecule has 0 aliphatic heterocycles. The highest BCUT2D eigenvalue weighted by molar-refractivity contribution is 5.69. The van der Waals surface area contributed by atoms with Crippen LogP contribution in [0.4, 0.5) is 0 Å². The Balaban J connectivity index is 3.62. The predicted molar refractivity (Wildman–Crippen MR) is 70.0 cm³/mol. The number of carbonyl (C=O) groups excluding carboxylic acids is 1. The molecule has 1 atom stereocenters. The summed E-state index contributed by atoms with van der Waals surface area (Å²) >= 11 is 0. The van der Waals surface area contributed by atoms with E-state index in [9.17, 15) is 4.79 Å². The molecule has 0 aromatic carbocycles. The molecule has 0 saturated carbocycles. The highest BCUT2D eigenvalue weighted by Crippen LogP contribution is 2.13. The van der Waals surface area contributed by atoms with Gasteiger partial charge in [-0.15, -0.1) is 0 Å². The fourth-order valence-electron chi connectivity index (χ4n) is 1.90. The van der Waals surface area contributed by atoms with E-state index in [4.69, 9.17) is 4.74 Å². The number of carbonyl (C=O) groups is 1. The second-order valence-electron chi connectivity index (χ2n) is 4.40. The van der Waals surface area contributed by atoms with Crippen LogP contribution in [0.3, 0.4) is 0 Å². The lowest BCUT2D eigenvalue weighted by Crippen LogP contribution is -2.15. The highest BCUT2D eigenvalue weighted by atomic mass is 16.5. The van der Waals surface area contributed by atoms with E-state index in [-0.39, 0.29) is 12.1 Å². The van der Waals surface area contributed by atoms with Gasteiger partial charge in [0.15, 0.2) is 0 Å². The van der Waals surface area contributed by atoms with Gasteiger partial charge in [0.1, 0.15) is 0 Å². The first-order valence-corrected chi connectivity index (χ1v) is 6.93. The van der Waals surface area contributed by atoms with Crippen LogP contribution in [-0.2, 0) is 14.3 Å². The van der Waals surface area contributed by atoms with Crippen molar-refractivity contribution in [2.24, 2.45) is 0 Å². The zero-order chi connectivity index (χ0) is 12.9. The molecule has 0 spiro atoms. The molecule has 0 bridgehead atoms. The zero-order valence-electron chi connectivity index (χ0n) is 11.7. The van der Waals surface area contributed by atoms with Crippen molar-refractivity contribution >= 4 is 5.97 Å². The summed E-state index contributed by atoms with van der Waals surface area (Å²) in [6.07, 6.45) is 8.92. The number of esters is 1. The molecule has 102 valence electrons. The molecular weight excluding hydrogens is 216 g/mol. The molecule has 0 rings (SSSR count). The van der Waals surface area contributed by atoms with Gasteiger partial charge in [-0.05, 0) is 19.8 Å². The van der Waals surface area contributed by atoms with Crippen molar-refractivity contribution in [1.82, 2.24) is 0 Å². The molecule has 3 heteroatoms. The molecule has 0 N–H and O–H groups in total. The Kier molecular flexibility index (Phi) is 11.5. The first-order valence-electron chi connectivity index (χ1n) is 6.93. The van der Waals surface area contributed by atoms with Crippen LogP contribution in [0.1, 0.15) is 65.2 Å². The number of methoxy groups -OCH3 is 1. The molecule has 0 amide bonds. The van der Waals surface area contributed by atoms with Gasteiger partial charge in [-0.25, -0.2) is 0 Å². The molecule has 1 unspecified atom stereocenters. The largest absolute Gasteiger partial charge is 0.469 e. The van der Waals surface area contributed by atoms with Crippen LogP contribution in [0.15, 0.2) is 0 Å². The maximum Gasteiger partial charge on any atom is 0.305 e. The Morgan fingerprint density at radius 1 is 1.06 bits per heavy atom. The lowest BCUT2D eigenvalue weighted by atomic mass is 10.0. The molecule has 0 aromatic heterocycles. The third-order valence-electron chi connectivity index (χ3n) is 2.93. The van der Waals surface area contributed by atoms with Crippen molar-refractivity contribution in [3.05, 3.63) is 0 Å². The van der Waals surface area contributed by atoms with E-state index in [0.29, 0.717) is 6.42 Å². The molecule has 0 heterocycles. The van der Waals surface area contributed by atoms with Crippen LogP contribution >= 0.6 is 0 Å². The maximum atomic E-state index is 11.1. The minimum Gasteiger partial charge on any atom is -0.469 e. The Morgan fingerprint density at radius 3 is 2.35 bits per heavy atom. The molecule has 3 nitrogen and oxygen atoms in total. The van der Waals surface area contributed by atoms with Gasteiger partial charge in [0.25, 0.3) is 0 Å². The average Bonchev–Trinajstić information content (AvgIpc) is 2.35. The smallest absolute Gasteiger partial charge is 0.305 e. The lowest BCUT2D eigenvalue weighted by Gasteiger charge is -2.16. The highest BCUT2D eigenvalue weighted by Gasteiger charge is 2.11. The minimum atomic E-state index is -0.138. The molecule has 0 aromatic rings. The number of ether oxygens (including phenoxy) is 2. The molecule has 17 heavy (non-hydrogen) atoms. The van der Waals surface area contributed by atoms with E-state index in [1.807, 2.05) is 6.92 Å². The zero-order valence-corrected chi connectivity index (χ0v) is 11.7. The number of rotatable bonds is 11. The summed E-state index contributed by atoms with van der Waals surface area (Å²) in [6, 6.07) is 0. The van der Waals surface area contributed by atoms with Crippen LogP contribution in [0, 0.1) is 0 Å². The van der Waals surface area contributed by atoms with Crippen molar-refractivity contribution in [2.45, 2.75) is 71.3 Å². The summed E-state index contributed by atoms with van der Waals surface area (Å²) in [4.78, 5) is 11.1. The van der Waals surface area contributed by atoms with Gasteiger partial charge in [-0.1, -0.05) is 39.0 Å². The van der Waals surface area contributed by atoms with Crippen molar-refractivity contribution in [1.29, 1.82) is 0 Å². The number of unbranched alkanes of at least 4 members (excludes halogenated alkanes) is 4. The maximum absolute atomic E-state index is 11.1. The van der Waals surface area contributed by atoms with Crippen LogP contribution in [0.25, 0.3) is 0 Å². The molecule has 0 aliphatic carbocycles. The van der Waals surface area contributed by atoms with Crippen LogP contribution in [-0.4, -0.2) is 25.8 Å². The second-order valence-corrected chi connectivity index (χ2v) is 4.40. The third-order valence-corrected chi connectivity index (χ3v) is 2.93. The first-order chi connectivity index (χ1) is 8.24. The molecule has 0 saturated heterocycles. The van der Waals surface area contributed by atoms with E-state index >= 15 is 0 Å². The Labute approximate surface area is 106 Å². The average molecular weight is 244 g/mol. The molecular formula is C14H28O3. The topological polar surface area (TPSA) is 35.5 Å². The lowest BCUT2D eigenvalue weighted by molar-refractivity contribution is -0.141. The fraction of sp³-hybridized carbons (Fsp3) is 0.929. The van der Waals surface area contributed by atoms with E-state index < -0.39 is 0 Å². The van der Waals surface area contributed by atoms with Crippen molar-refractivity contribution < 1.29 is 14.3 Å². The number of hydrogen-bond acceptors (Lipinski definition) is 3. The van der Waals surface area contributed by atoms with Gasteiger partial charge in [-0.2, -0.15) is 0 Å². The number of hydrogen-bond donors (Lipinski definition) is 0. The summed E-state index contributed by atoms with van der Waals surface area (Å²) in [6.45, 7) is 4.95. The summed E-state index contributed by atoms with van der Waals surface area (Å²) in [5.41, 5.74) is 0. The van der Waals surface area contributed by atoms with Gasteiger partial charge in [0.2, 0.25) is 0 Å². The predicted octanol–water partition coefficient (Wildman–Crippen LogP) is 3.71. The van der Waals surface area contributed by atoms with Gasteiger partial charge < -0.3 is 9.47 Å². The summed E-state index contributed by atoms with van der Waals surface area (Å²) in [5, 5.41) is 0. The minimum absolute atomic E-state index is 0.138. The van der Waals surface area contributed by atoms with E-state index in [0.717, 1.165) is 19.4 Å². The van der Waals surface area contributed by atoms with Gasteiger partial charge in [-0.3, -0.25) is 4.79 Å². The summed E-state index contributed by atoms with van der Waals surface area (Å²) in [5.74, 6) is -0.138. The Morgan fingerprint density at radius 2 is 1.76 bits per heavy atom. The molecule has 0 aliphatic rings. The normalized spacial score (nSPS) is 12.4. The Bertz CT molecular complexity index is 180. The SMILES string of the molecule is CCCCCCCC(CCC(=O)OC)OCC. The third kappa shape index (κ3) is 10.3. The van der Waals surface area contributed by atoms with Crippen LogP contribution in [0.2, 0.25) is 0 Å². The van der Waals surface area contributed by atoms with Gasteiger partial charge >= 0.3 is 5.97 Å². The van der Waals surface area contributed by atoms with Gasteiger partial charge in [0.05, 0.1) is 13.2 Å². The quantitative estimate of drug-likeness (QED) is 0.410. The van der Waals surface area contributed by atoms with E-state index in [2.05, 4.69) is 11.7 Å². The standard InChI is InChI=1S/C14H28O3/c1-4-6-7-8-9-10-13(17-5-2)11-12-14(15)16-3/h13H,4-12H2,1-3H3. The van der Waals surface area contributed by atoms with E-state index in [1.54, 1.807) is 0 Å². The Hall–Kier alpha value is -0.570. The van der Waals surface area contributed by atoms with Crippen LogP contribution in [0.5, 0.6) is 0 Å². The molecule has 0 radical (unpaired) electrons.